The first-order valence-electron chi connectivity index (χ1n) is 7.63. The molecule has 2 aliphatic rings. The summed E-state index contributed by atoms with van der Waals surface area (Å²) in [6.07, 6.45) is 2.79. The van der Waals surface area contributed by atoms with Gasteiger partial charge in [0, 0.05) is 7.05 Å². The normalized spacial score (nSPS) is 28.1. The molecule has 1 aromatic heterocycles. The Kier molecular flexibility index (Phi) is 3.66. The second kappa shape index (κ2) is 5.47. The van der Waals surface area contributed by atoms with Crippen molar-refractivity contribution < 1.29 is 9.59 Å². The van der Waals surface area contributed by atoms with Crippen molar-refractivity contribution in [2.24, 2.45) is 17.8 Å². The SMILES string of the molecule is CCC1CC2C(=O)N(Cc3cccc(NC)n3)C(=O)C2C1. The first-order chi connectivity index (χ1) is 10.1. The van der Waals surface area contributed by atoms with Crippen molar-refractivity contribution >= 4 is 17.6 Å². The van der Waals surface area contributed by atoms with Gasteiger partial charge in [0.05, 0.1) is 24.1 Å². The summed E-state index contributed by atoms with van der Waals surface area (Å²) in [5.74, 6) is 1.10. The zero-order valence-corrected chi connectivity index (χ0v) is 12.5. The molecule has 2 fully saturated rings. The molecule has 1 saturated carbocycles. The number of amides is 2. The number of likely N-dealkylation sites (tertiary alicyclic amines) is 1. The molecule has 0 bridgehead atoms. The number of rotatable bonds is 4. The third kappa shape index (κ3) is 2.41. The lowest BCUT2D eigenvalue weighted by Gasteiger charge is -2.17. The molecule has 112 valence electrons. The van der Waals surface area contributed by atoms with Crippen molar-refractivity contribution in [1.29, 1.82) is 0 Å². The summed E-state index contributed by atoms with van der Waals surface area (Å²) < 4.78 is 0. The predicted octanol–water partition coefficient (Wildman–Crippen LogP) is 2.04. The zero-order chi connectivity index (χ0) is 15.0. The Morgan fingerprint density at radius 3 is 2.48 bits per heavy atom. The molecule has 3 rings (SSSR count). The first kappa shape index (κ1) is 14.0. The second-order valence-electron chi connectivity index (χ2n) is 5.99. The van der Waals surface area contributed by atoms with Crippen LogP contribution < -0.4 is 5.32 Å². The molecule has 0 spiro atoms. The van der Waals surface area contributed by atoms with E-state index in [0.717, 1.165) is 30.8 Å². The summed E-state index contributed by atoms with van der Waals surface area (Å²) in [4.78, 5) is 30.8. The second-order valence-corrected chi connectivity index (χ2v) is 5.99. The molecule has 0 aromatic carbocycles. The van der Waals surface area contributed by atoms with Crippen LogP contribution in [0.25, 0.3) is 0 Å². The van der Waals surface area contributed by atoms with Crippen LogP contribution in [0.5, 0.6) is 0 Å². The highest BCUT2D eigenvalue weighted by molar-refractivity contribution is 6.05. The highest BCUT2D eigenvalue weighted by atomic mass is 16.2. The lowest BCUT2D eigenvalue weighted by atomic mass is 10.00. The van der Waals surface area contributed by atoms with Gasteiger partial charge < -0.3 is 5.32 Å². The van der Waals surface area contributed by atoms with E-state index in [1.807, 2.05) is 18.2 Å². The van der Waals surface area contributed by atoms with Gasteiger partial charge in [0.2, 0.25) is 11.8 Å². The Morgan fingerprint density at radius 2 is 1.90 bits per heavy atom. The van der Waals surface area contributed by atoms with Crippen LogP contribution in [0.15, 0.2) is 18.2 Å². The van der Waals surface area contributed by atoms with Crippen molar-refractivity contribution in [2.75, 3.05) is 12.4 Å². The van der Waals surface area contributed by atoms with Crippen LogP contribution in [-0.2, 0) is 16.1 Å². The number of aromatic nitrogens is 1. The molecular formula is C16H21N3O2. The number of hydrogen-bond donors (Lipinski definition) is 1. The molecule has 1 N–H and O–H groups in total. The van der Waals surface area contributed by atoms with Gasteiger partial charge in [-0.25, -0.2) is 4.98 Å². The molecule has 5 nitrogen and oxygen atoms in total. The Morgan fingerprint density at radius 1 is 1.24 bits per heavy atom. The third-order valence-electron chi connectivity index (χ3n) is 4.79. The number of carbonyl (C=O) groups is 2. The number of pyridine rings is 1. The largest absolute Gasteiger partial charge is 0.373 e. The van der Waals surface area contributed by atoms with Crippen LogP contribution in [0.4, 0.5) is 5.82 Å². The highest BCUT2D eigenvalue weighted by Crippen LogP contribution is 2.44. The van der Waals surface area contributed by atoms with Gasteiger partial charge in [-0.1, -0.05) is 19.4 Å². The van der Waals surface area contributed by atoms with Gasteiger partial charge in [-0.05, 0) is 30.9 Å². The van der Waals surface area contributed by atoms with Gasteiger partial charge in [-0.3, -0.25) is 14.5 Å². The number of hydrogen-bond acceptors (Lipinski definition) is 4. The van der Waals surface area contributed by atoms with Crippen molar-refractivity contribution in [3.8, 4) is 0 Å². The molecule has 1 aliphatic carbocycles. The van der Waals surface area contributed by atoms with E-state index in [0.29, 0.717) is 5.92 Å². The summed E-state index contributed by atoms with van der Waals surface area (Å²) in [5.41, 5.74) is 0.746. The summed E-state index contributed by atoms with van der Waals surface area (Å²) in [6.45, 7) is 2.42. The van der Waals surface area contributed by atoms with E-state index in [2.05, 4.69) is 17.2 Å². The maximum Gasteiger partial charge on any atom is 0.233 e. The Hall–Kier alpha value is -1.91. The summed E-state index contributed by atoms with van der Waals surface area (Å²) in [7, 11) is 1.80. The Bertz CT molecular complexity index is 548. The fourth-order valence-electron chi connectivity index (χ4n) is 3.56. The molecule has 21 heavy (non-hydrogen) atoms. The number of anilines is 1. The standard InChI is InChI=1S/C16H21N3O2/c1-3-10-7-12-13(8-10)16(21)19(15(12)20)9-11-5-4-6-14(17-2)18-11/h4-6,10,12-13H,3,7-9H2,1-2H3,(H,17,18). The molecule has 2 amide bonds. The van der Waals surface area contributed by atoms with Crippen molar-refractivity contribution in [1.82, 2.24) is 9.88 Å². The number of nitrogens with zero attached hydrogens (tertiary/aromatic N) is 2. The lowest BCUT2D eigenvalue weighted by Crippen LogP contribution is -2.32. The first-order valence-corrected chi connectivity index (χ1v) is 7.63. The number of nitrogens with one attached hydrogen (secondary N) is 1. The van der Waals surface area contributed by atoms with E-state index in [9.17, 15) is 9.59 Å². The fourth-order valence-corrected chi connectivity index (χ4v) is 3.56. The molecule has 1 aromatic rings. The van der Waals surface area contributed by atoms with Crippen LogP contribution in [0.1, 0.15) is 31.9 Å². The van der Waals surface area contributed by atoms with Crippen LogP contribution in [0.2, 0.25) is 0 Å². The molecule has 5 heteroatoms. The van der Waals surface area contributed by atoms with Crippen LogP contribution in [0, 0.1) is 17.8 Å². The summed E-state index contributed by atoms with van der Waals surface area (Å²) in [6, 6.07) is 5.59. The molecule has 2 atom stereocenters. The van der Waals surface area contributed by atoms with Gasteiger partial charge in [-0.15, -0.1) is 0 Å². The molecule has 2 heterocycles. The molecular weight excluding hydrogens is 266 g/mol. The topological polar surface area (TPSA) is 62.3 Å². The maximum absolute atomic E-state index is 12.5. The minimum Gasteiger partial charge on any atom is -0.373 e. The predicted molar refractivity (Wildman–Crippen MR) is 79.3 cm³/mol. The van der Waals surface area contributed by atoms with Crippen LogP contribution in [0.3, 0.4) is 0 Å². The van der Waals surface area contributed by atoms with E-state index in [4.69, 9.17) is 0 Å². The van der Waals surface area contributed by atoms with Crippen molar-refractivity contribution in [2.45, 2.75) is 32.7 Å². The smallest absolute Gasteiger partial charge is 0.233 e. The van der Waals surface area contributed by atoms with Gasteiger partial charge in [0.25, 0.3) is 0 Å². The van der Waals surface area contributed by atoms with Crippen LogP contribution >= 0.6 is 0 Å². The van der Waals surface area contributed by atoms with Crippen LogP contribution in [-0.4, -0.2) is 28.7 Å². The van der Waals surface area contributed by atoms with E-state index in [1.165, 1.54) is 4.90 Å². The van der Waals surface area contributed by atoms with Crippen molar-refractivity contribution in [3.63, 3.8) is 0 Å². The fraction of sp³-hybridized carbons (Fsp3) is 0.562. The lowest BCUT2D eigenvalue weighted by molar-refractivity contribution is -0.141. The van der Waals surface area contributed by atoms with Gasteiger partial charge in [0.15, 0.2) is 0 Å². The Labute approximate surface area is 124 Å². The minimum atomic E-state index is -0.0880. The zero-order valence-electron chi connectivity index (χ0n) is 12.5. The monoisotopic (exact) mass is 287 g/mol. The quantitative estimate of drug-likeness (QED) is 0.861. The highest BCUT2D eigenvalue weighted by Gasteiger charge is 2.52. The van der Waals surface area contributed by atoms with Gasteiger partial charge in [0.1, 0.15) is 5.82 Å². The molecule has 1 saturated heterocycles. The van der Waals surface area contributed by atoms with Crippen molar-refractivity contribution in [3.05, 3.63) is 23.9 Å². The maximum atomic E-state index is 12.5. The molecule has 2 unspecified atom stereocenters. The van der Waals surface area contributed by atoms with E-state index >= 15 is 0 Å². The van der Waals surface area contributed by atoms with E-state index < -0.39 is 0 Å². The van der Waals surface area contributed by atoms with Gasteiger partial charge >= 0.3 is 0 Å². The summed E-state index contributed by atoms with van der Waals surface area (Å²) >= 11 is 0. The van der Waals surface area contributed by atoms with E-state index in [1.54, 1.807) is 7.05 Å². The van der Waals surface area contributed by atoms with E-state index in [-0.39, 0.29) is 30.2 Å². The molecule has 1 aliphatic heterocycles. The summed E-state index contributed by atoms with van der Waals surface area (Å²) in [5, 5.41) is 2.97. The van der Waals surface area contributed by atoms with Gasteiger partial charge in [-0.2, -0.15) is 0 Å². The molecule has 0 radical (unpaired) electrons. The number of fused-ring (bicyclic) bond motifs is 1. The average Bonchev–Trinajstić information content (AvgIpc) is 3.03. The number of carbonyl (C=O) groups excluding carboxylic acids is 2. The Balaban J connectivity index is 1.75. The number of imide groups is 1. The minimum absolute atomic E-state index is 0.00221. The average molecular weight is 287 g/mol. The third-order valence-corrected chi connectivity index (χ3v) is 4.79.